The fourth-order valence-corrected chi connectivity index (χ4v) is 4.30. The molecule has 1 aromatic rings. The molecule has 0 spiro atoms. The van der Waals surface area contributed by atoms with Crippen LogP contribution in [0.2, 0.25) is 0 Å². The van der Waals surface area contributed by atoms with Crippen LogP contribution in [0.25, 0.3) is 0 Å². The molecule has 3 N–H and O–H groups in total. The van der Waals surface area contributed by atoms with Crippen molar-refractivity contribution < 1.29 is 32.3 Å². The van der Waals surface area contributed by atoms with E-state index in [1.165, 1.54) is 6.07 Å². The fraction of sp³-hybridized carbons (Fsp3) is 0.609. The number of nitrogens with two attached hydrogens (primary N) is 1. The third kappa shape index (κ3) is 6.26. The maximum Gasteiger partial charge on any atom is 0.418 e. The minimum Gasteiger partial charge on any atom is -0.370 e. The molecule has 1 saturated carbocycles. The molecule has 0 radical (unpaired) electrons. The summed E-state index contributed by atoms with van der Waals surface area (Å²) in [5.41, 5.74) is 4.05. The molecule has 8 nitrogen and oxygen atoms in total. The number of primary amides is 1. The Labute approximate surface area is 196 Å². The normalized spacial score (nSPS) is 18.2. The van der Waals surface area contributed by atoms with Gasteiger partial charge in [-0.2, -0.15) is 13.2 Å². The van der Waals surface area contributed by atoms with Gasteiger partial charge < -0.3 is 20.7 Å². The number of nitrogens with zero attached hydrogens (tertiary/aromatic N) is 2. The molecule has 34 heavy (non-hydrogen) atoms. The zero-order valence-electron chi connectivity index (χ0n) is 19.4. The zero-order valence-corrected chi connectivity index (χ0v) is 19.4. The van der Waals surface area contributed by atoms with E-state index in [0.717, 1.165) is 36.3 Å². The standard InChI is InChI=1S/C23H31F3N4O4/c1-14(2)11-29(12-15-4-3-5-15)20(21(27)32)22(33)28-16-6-7-18(17(10-16)23(24,25)26)30-8-9-34-13-19(30)31/h6-7,10,14-15,20H,3-5,8-9,11-13H2,1-2H3,(H2,27,32)(H,28,33)/t20-/m0/s1. The summed E-state index contributed by atoms with van der Waals surface area (Å²) in [6.45, 7) is 4.67. The van der Waals surface area contributed by atoms with Crippen molar-refractivity contribution in [1.29, 1.82) is 0 Å². The van der Waals surface area contributed by atoms with Gasteiger partial charge in [-0.15, -0.1) is 0 Å². The Morgan fingerprint density at radius 1 is 1.29 bits per heavy atom. The lowest BCUT2D eigenvalue weighted by atomic mass is 9.84. The highest BCUT2D eigenvalue weighted by atomic mass is 19.4. The molecule has 0 aromatic heterocycles. The number of benzene rings is 1. The second-order valence-corrected chi connectivity index (χ2v) is 9.27. The lowest BCUT2D eigenvalue weighted by molar-refractivity contribution is -0.138. The van der Waals surface area contributed by atoms with Crippen LogP contribution in [0.3, 0.4) is 0 Å². The highest BCUT2D eigenvalue weighted by Crippen LogP contribution is 2.39. The summed E-state index contributed by atoms with van der Waals surface area (Å²) >= 11 is 0. The van der Waals surface area contributed by atoms with Gasteiger partial charge in [0.2, 0.25) is 5.91 Å². The van der Waals surface area contributed by atoms with Gasteiger partial charge in [0.15, 0.2) is 6.04 Å². The molecule has 11 heteroatoms. The van der Waals surface area contributed by atoms with E-state index in [4.69, 9.17) is 10.5 Å². The number of halogens is 3. The van der Waals surface area contributed by atoms with Gasteiger partial charge in [-0.05, 0) is 42.9 Å². The summed E-state index contributed by atoms with van der Waals surface area (Å²) in [4.78, 5) is 40.1. The van der Waals surface area contributed by atoms with E-state index in [9.17, 15) is 27.6 Å². The van der Waals surface area contributed by atoms with E-state index in [1.807, 2.05) is 13.8 Å². The molecule has 1 heterocycles. The molecule has 2 aliphatic rings. The second kappa shape index (κ2) is 10.7. The van der Waals surface area contributed by atoms with Crippen molar-refractivity contribution in [2.24, 2.45) is 17.6 Å². The van der Waals surface area contributed by atoms with Crippen LogP contribution < -0.4 is 16.0 Å². The molecular weight excluding hydrogens is 453 g/mol. The summed E-state index contributed by atoms with van der Waals surface area (Å²) < 4.78 is 46.5. The molecule has 1 aliphatic heterocycles. The predicted octanol–water partition coefficient (Wildman–Crippen LogP) is 2.62. The Morgan fingerprint density at radius 3 is 2.53 bits per heavy atom. The first-order valence-corrected chi connectivity index (χ1v) is 11.4. The molecule has 3 amide bonds. The van der Waals surface area contributed by atoms with Crippen molar-refractivity contribution in [3.05, 3.63) is 23.8 Å². The maximum atomic E-state index is 13.8. The number of carbonyl (C=O) groups excluding carboxylic acids is 3. The first-order valence-electron chi connectivity index (χ1n) is 11.4. The number of amides is 3. The van der Waals surface area contributed by atoms with Crippen molar-refractivity contribution in [3.63, 3.8) is 0 Å². The van der Waals surface area contributed by atoms with E-state index in [2.05, 4.69) is 5.32 Å². The number of carbonyl (C=O) groups is 3. The van der Waals surface area contributed by atoms with Crippen molar-refractivity contribution in [1.82, 2.24) is 4.90 Å². The average Bonchev–Trinajstić information content (AvgIpc) is 2.70. The van der Waals surface area contributed by atoms with Crippen LogP contribution in [0.4, 0.5) is 24.5 Å². The van der Waals surface area contributed by atoms with Crippen LogP contribution >= 0.6 is 0 Å². The summed E-state index contributed by atoms with van der Waals surface area (Å²) in [6, 6.07) is 1.88. The highest BCUT2D eigenvalue weighted by Gasteiger charge is 2.38. The molecule has 0 bridgehead atoms. The summed E-state index contributed by atoms with van der Waals surface area (Å²) in [6.07, 6.45) is -1.69. The molecule has 1 saturated heterocycles. The average molecular weight is 485 g/mol. The summed E-state index contributed by atoms with van der Waals surface area (Å²) in [7, 11) is 0. The number of hydrogen-bond acceptors (Lipinski definition) is 5. The molecule has 2 fully saturated rings. The van der Waals surface area contributed by atoms with Crippen LogP contribution in [-0.2, 0) is 25.3 Å². The van der Waals surface area contributed by atoms with Gasteiger partial charge in [-0.25, -0.2) is 0 Å². The van der Waals surface area contributed by atoms with Gasteiger partial charge >= 0.3 is 6.18 Å². The summed E-state index contributed by atoms with van der Waals surface area (Å²) in [5, 5.41) is 2.43. The molecular formula is C23H31F3N4O4. The van der Waals surface area contributed by atoms with Crippen molar-refractivity contribution in [2.75, 3.05) is 43.1 Å². The van der Waals surface area contributed by atoms with E-state index in [1.54, 1.807) is 4.90 Å². The number of ether oxygens (including phenoxy) is 1. The van der Waals surface area contributed by atoms with Crippen molar-refractivity contribution in [3.8, 4) is 0 Å². The van der Waals surface area contributed by atoms with Gasteiger partial charge in [0, 0.05) is 25.3 Å². The first kappa shape index (κ1) is 26.0. The summed E-state index contributed by atoms with van der Waals surface area (Å²) in [5.74, 6) is -1.71. The first-order chi connectivity index (χ1) is 16.0. The lowest BCUT2D eigenvalue weighted by Gasteiger charge is -2.36. The van der Waals surface area contributed by atoms with Crippen molar-refractivity contribution >= 4 is 29.1 Å². The number of hydrogen-bond donors (Lipinski definition) is 2. The van der Waals surface area contributed by atoms with Crippen LogP contribution in [0.1, 0.15) is 38.7 Å². The van der Waals surface area contributed by atoms with Crippen LogP contribution in [-0.4, -0.2) is 61.5 Å². The molecule has 188 valence electrons. The van der Waals surface area contributed by atoms with Crippen LogP contribution in [0.15, 0.2) is 18.2 Å². The fourth-order valence-electron chi connectivity index (χ4n) is 4.30. The third-order valence-electron chi connectivity index (χ3n) is 6.05. The quantitative estimate of drug-likeness (QED) is 0.525. The Kier molecular flexibility index (Phi) is 8.19. The van der Waals surface area contributed by atoms with Crippen LogP contribution in [0, 0.1) is 11.8 Å². The van der Waals surface area contributed by atoms with E-state index in [-0.39, 0.29) is 37.1 Å². The van der Waals surface area contributed by atoms with Gasteiger partial charge in [-0.3, -0.25) is 19.3 Å². The number of morpholine rings is 1. The van der Waals surface area contributed by atoms with Gasteiger partial charge in [0.25, 0.3) is 11.8 Å². The lowest BCUT2D eigenvalue weighted by Crippen LogP contribution is -2.54. The smallest absolute Gasteiger partial charge is 0.370 e. The van der Waals surface area contributed by atoms with E-state index >= 15 is 0 Å². The Hall–Kier alpha value is -2.66. The topological polar surface area (TPSA) is 105 Å². The minimum absolute atomic E-state index is 0.0112. The number of anilines is 2. The number of alkyl halides is 3. The Morgan fingerprint density at radius 2 is 2.00 bits per heavy atom. The monoisotopic (exact) mass is 484 g/mol. The number of nitrogens with one attached hydrogen (secondary N) is 1. The van der Waals surface area contributed by atoms with Gasteiger partial charge in [-0.1, -0.05) is 20.3 Å². The van der Waals surface area contributed by atoms with Crippen molar-refractivity contribution in [2.45, 2.75) is 45.3 Å². The van der Waals surface area contributed by atoms with Gasteiger partial charge in [0.1, 0.15) is 6.61 Å². The molecule has 1 aromatic carbocycles. The SMILES string of the molecule is CC(C)CN(CC1CCC1)[C@@H](C(N)=O)C(=O)Nc1ccc(N2CCOCC2=O)c(C(F)(F)F)c1. The Balaban J connectivity index is 1.86. The maximum absolute atomic E-state index is 13.8. The predicted molar refractivity (Wildman–Crippen MR) is 120 cm³/mol. The third-order valence-corrected chi connectivity index (χ3v) is 6.05. The zero-order chi connectivity index (χ0) is 25.0. The highest BCUT2D eigenvalue weighted by molar-refractivity contribution is 6.09. The molecule has 1 atom stereocenters. The largest absolute Gasteiger partial charge is 0.418 e. The molecule has 1 aliphatic carbocycles. The van der Waals surface area contributed by atoms with Crippen LogP contribution in [0.5, 0.6) is 0 Å². The minimum atomic E-state index is -4.77. The van der Waals surface area contributed by atoms with E-state index in [0.29, 0.717) is 19.0 Å². The van der Waals surface area contributed by atoms with E-state index < -0.39 is 35.5 Å². The number of rotatable bonds is 9. The molecule has 0 unspecified atom stereocenters. The second-order valence-electron chi connectivity index (χ2n) is 9.27. The molecule has 3 rings (SSSR count). The Bertz CT molecular complexity index is 918. The van der Waals surface area contributed by atoms with Gasteiger partial charge in [0.05, 0.1) is 17.9 Å².